The van der Waals surface area contributed by atoms with E-state index in [2.05, 4.69) is 26.0 Å². The van der Waals surface area contributed by atoms with E-state index in [1.807, 2.05) is 0 Å². The number of carbonyl (C=O) groups is 3. The van der Waals surface area contributed by atoms with Crippen LogP contribution in [-0.2, 0) is 11.3 Å². The van der Waals surface area contributed by atoms with Crippen molar-refractivity contribution < 1.29 is 32.3 Å². The average molecular weight is 485 g/mol. The molecule has 0 bridgehead atoms. The van der Waals surface area contributed by atoms with Crippen LogP contribution in [0.4, 0.5) is 13.2 Å². The van der Waals surface area contributed by atoms with Gasteiger partial charge in [0.25, 0.3) is 11.8 Å². The van der Waals surface area contributed by atoms with E-state index in [4.69, 9.17) is 0 Å². The Morgan fingerprint density at radius 3 is 2.37 bits per heavy atom. The molecule has 0 saturated heterocycles. The number of fused-ring (bicyclic) bond motifs is 1. The van der Waals surface area contributed by atoms with Crippen LogP contribution in [0.2, 0.25) is 0 Å². The predicted molar refractivity (Wildman–Crippen MR) is 104 cm³/mol. The van der Waals surface area contributed by atoms with Crippen LogP contribution in [0, 0.1) is 0 Å². The van der Waals surface area contributed by atoms with Crippen LogP contribution in [0.25, 0.3) is 0 Å². The number of halogens is 4. The minimum absolute atomic E-state index is 0.0897. The van der Waals surface area contributed by atoms with Gasteiger partial charge in [-0.15, -0.1) is 13.2 Å². The molecule has 158 valence electrons. The number of imide groups is 1. The fraction of sp³-hybridized carbons (Fsp3) is 0.250. The molecule has 0 atom stereocenters. The van der Waals surface area contributed by atoms with Crippen molar-refractivity contribution in [2.75, 3.05) is 6.54 Å². The molecule has 0 fully saturated rings. The highest BCUT2D eigenvalue weighted by Crippen LogP contribution is 2.26. The van der Waals surface area contributed by atoms with Crippen LogP contribution in [-0.4, -0.2) is 35.5 Å². The molecule has 6 nitrogen and oxygen atoms in total. The number of nitrogens with one attached hydrogen (secondary N) is 1. The molecule has 3 amide bonds. The Kier molecular flexibility index (Phi) is 6.45. The van der Waals surface area contributed by atoms with Gasteiger partial charge < -0.3 is 10.1 Å². The lowest BCUT2D eigenvalue weighted by atomic mass is 10.1. The molecule has 3 rings (SSSR count). The van der Waals surface area contributed by atoms with Gasteiger partial charge >= 0.3 is 6.36 Å². The Labute approximate surface area is 178 Å². The molecule has 1 aliphatic rings. The third-order valence-electron chi connectivity index (χ3n) is 4.36. The average Bonchev–Trinajstić information content (AvgIpc) is 2.90. The number of hydrogen-bond acceptors (Lipinski definition) is 4. The van der Waals surface area contributed by atoms with Gasteiger partial charge in [0.1, 0.15) is 5.75 Å². The summed E-state index contributed by atoms with van der Waals surface area (Å²) in [7, 11) is 0. The highest BCUT2D eigenvalue weighted by Gasteiger charge is 2.35. The maximum Gasteiger partial charge on any atom is 0.573 e. The topological polar surface area (TPSA) is 75.7 Å². The summed E-state index contributed by atoms with van der Waals surface area (Å²) in [5.41, 5.74) is 1.27. The Hall–Kier alpha value is -2.88. The first-order valence-corrected chi connectivity index (χ1v) is 9.70. The molecule has 0 saturated carbocycles. The van der Waals surface area contributed by atoms with Crippen molar-refractivity contribution in [1.82, 2.24) is 10.2 Å². The van der Waals surface area contributed by atoms with Gasteiger partial charge in [-0.3, -0.25) is 19.3 Å². The molecule has 0 spiro atoms. The quantitative estimate of drug-likeness (QED) is 0.601. The molecule has 0 aliphatic carbocycles. The summed E-state index contributed by atoms with van der Waals surface area (Å²) in [6, 6.07) is 10.0. The highest BCUT2D eigenvalue weighted by molar-refractivity contribution is 9.10. The Balaban J connectivity index is 1.43. The van der Waals surface area contributed by atoms with Gasteiger partial charge in [0, 0.05) is 24.0 Å². The van der Waals surface area contributed by atoms with E-state index in [0.29, 0.717) is 21.2 Å². The van der Waals surface area contributed by atoms with Crippen molar-refractivity contribution in [2.24, 2.45) is 0 Å². The van der Waals surface area contributed by atoms with Gasteiger partial charge in [0.05, 0.1) is 11.1 Å². The zero-order valence-corrected chi connectivity index (χ0v) is 17.0. The first-order chi connectivity index (χ1) is 14.1. The SMILES string of the molecule is O=C(CCCN1C(=O)c2ccc(Br)cc2C1=O)NCc1ccc(OC(F)(F)F)cc1. The third kappa shape index (κ3) is 5.38. The van der Waals surface area contributed by atoms with E-state index in [0.717, 1.165) is 17.0 Å². The van der Waals surface area contributed by atoms with Crippen molar-refractivity contribution in [3.8, 4) is 5.75 Å². The smallest absolute Gasteiger partial charge is 0.406 e. The lowest BCUT2D eigenvalue weighted by Crippen LogP contribution is -2.32. The zero-order valence-electron chi connectivity index (χ0n) is 15.5. The molecule has 0 radical (unpaired) electrons. The van der Waals surface area contributed by atoms with E-state index in [1.54, 1.807) is 18.2 Å². The van der Waals surface area contributed by atoms with Gasteiger partial charge in [-0.2, -0.15) is 0 Å². The maximum absolute atomic E-state index is 12.4. The lowest BCUT2D eigenvalue weighted by molar-refractivity contribution is -0.274. The van der Waals surface area contributed by atoms with Crippen molar-refractivity contribution in [3.63, 3.8) is 0 Å². The summed E-state index contributed by atoms with van der Waals surface area (Å²) in [4.78, 5) is 37.8. The number of carbonyl (C=O) groups excluding carboxylic acids is 3. The molecule has 0 aromatic heterocycles. The van der Waals surface area contributed by atoms with Crippen molar-refractivity contribution in [1.29, 1.82) is 0 Å². The van der Waals surface area contributed by atoms with E-state index >= 15 is 0 Å². The summed E-state index contributed by atoms with van der Waals surface area (Å²) in [6.45, 7) is 0.243. The Morgan fingerprint density at radius 1 is 1.03 bits per heavy atom. The second-order valence-electron chi connectivity index (χ2n) is 6.52. The number of benzene rings is 2. The molecule has 30 heavy (non-hydrogen) atoms. The van der Waals surface area contributed by atoms with Crippen LogP contribution in [0.15, 0.2) is 46.9 Å². The van der Waals surface area contributed by atoms with Crippen molar-refractivity contribution in [2.45, 2.75) is 25.7 Å². The molecule has 10 heteroatoms. The lowest BCUT2D eigenvalue weighted by Gasteiger charge is -2.13. The largest absolute Gasteiger partial charge is 0.573 e. The Morgan fingerprint density at radius 2 is 1.70 bits per heavy atom. The van der Waals surface area contributed by atoms with Gasteiger partial charge in [0.15, 0.2) is 0 Å². The van der Waals surface area contributed by atoms with Crippen LogP contribution in [0.1, 0.15) is 39.1 Å². The van der Waals surface area contributed by atoms with E-state index in [1.165, 1.54) is 12.1 Å². The number of rotatable bonds is 7. The van der Waals surface area contributed by atoms with Gasteiger partial charge in [-0.25, -0.2) is 0 Å². The third-order valence-corrected chi connectivity index (χ3v) is 4.86. The monoisotopic (exact) mass is 484 g/mol. The summed E-state index contributed by atoms with van der Waals surface area (Å²) < 4.78 is 40.9. The van der Waals surface area contributed by atoms with Crippen LogP contribution in [0.5, 0.6) is 5.75 Å². The fourth-order valence-corrected chi connectivity index (χ4v) is 3.32. The summed E-state index contributed by atoms with van der Waals surface area (Å²) in [5, 5.41) is 2.64. The van der Waals surface area contributed by atoms with Crippen molar-refractivity contribution in [3.05, 3.63) is 63.6 Å². The second kappa shape index (κ2) is 8.86. The van der Waals surface area contributed by atoms with Crippen LogP contribution in [0.3, 0.4) is 0 Å². The zero-order chi connectivity index (χ0) is 21.9. The van der Waals surface area contributed by atoms with E-state index < -0.39 is 12.3 Å². The molecule has 2 aromatic carbocycles. The highest BCUT2D eigenvalue weighted by atomic mass is 79.9. The second-order valence-corrected chi connectivity index (χ2v) is 7.44. The molecular formula is C20H16BrF3N2O4. The molecule has 1 aliphatic heterocycles. The molecule has 1 N–H and O–H groups in total. The van der Waals surface area contributed by atoms with Gasteiger partial charge in [0.2, 0.25) is 5.91 Å². The Bertz CT molecular complexity index is 977. The van der Waals surface area contributed by atoms with Crippen LogP contribution >= 0.6 is 15.9 Å². The van der Waals surface area contributed by atoms with Crippen LogP contribution < -0.4 is 10.1 Å². The molecular weight excluding hydrogens is 469 g/mol. The maximum atomic E-state index is 12.4. The first-order valence-electron chi connectivity index (χ1n) is 8.91. The molecule has 1 heterocycles. The first kappa shape index (κ1) is 21.8. The minimum Gasteiger partial charge on any atom is -0.406 e. The summed E-state index contributed by atoms with van der Waals surface area (Å²) in [5.74, 6) is -1.42. The van der Waals surface area contributed by atoms with E-state index in [-0.39, 0.29) is 43.5 Å². The standard InChI is InChI=1S/C20H16BrF3N2O4/c21-13-5-8-15-16(10-13)19(29)26(18(15)28)9-1-2-17(27)25-11-12-3-6-14(7-4-12)30-20(22,23)24/h3-8,10H,1-2,9,11H2,(H,25,27). The minimum atomic E-state index is -4.76. The van der Waals surface area contributed by atoms with E-state index in [9.17, 15) is 27.6 Å². The predicted octanol–water partition coefficient (Wildman–Crippen LogP) is 4.04. The number of nitrogens with zero attached hydrogens (tertiary/aromatic N) is 1. The number of hydrogen-bond donors (Lipinski definition) is 1. The normalized spacial score (nSPS) is 13.4. The number of ether oxygens (including phenoxy) is 1. The fourth-order valence-electron chi connectivity index (χ4n) is 2.96. The molecule has 0 unspecified atom stereocenters. The van der Waals surface area contributed by atoms with Crippen molar-refractivity contribution >= 4 is 33.7 Å². The summed E-state index contributed by atoms with van der Waals surface area (Å²) >= 11 is 3.27. The number of alkyl halides is 3. The van der Waals surface area contributed by atoms with Gasteiger partial charge in [-0.05, 0) is 42.3 Å². The number of amides is 3. The molecule has 2 aromatic rings. The van der Waals surface area contributed by atoms with Gasteiger partial charge in [-0.1, -0.05) is 28.1 Å². The summed E-state index contributed by atoms with van der Waals surface area (Å²) in [6.07, 6.45) is -4.38.